The minimum absolute atomic E-state index is 0.0425. The summed E-state index contributed by atoms with van der Waals surface area (Å²) in [6.07, 6.45) is 0.433. The molecule has 4 nitrogen and oxygen atoms in total. The Balaban J connectivity index is 2.10. The van der Waals surface area contributed by atoms with Crippen LogP contribution in [0.15, 0.2) is 36.4 Å². The first-order valence-electron chi connectivity index (χ1n) is 7.13. The van der Waals surface area contributed by atoms with Gasteiger partial charge in [-0.2, -0.15) is 0 Å². The molecule has 0 amide bonds. The standard InChI is InChI=1S/C17H13Cl3N2O2/c1-24-17(23)9-22-15-8-12(19)3-5-14(15)21-16(22)7-10-6-11(18)2-4-13(10)20/h2-6,8H,7,9H2,1H3. The van der Waals surface area contributed by atoms with Crippen molar-refractivity contribution in [1.82, 2.24) is 9.55 Å². The molecule has 3 rings (SSSR count). The number of esters is 1. The SMILES string of the molecule is COC(=O)Cn1c(Cc2cc(Cl)ccc2Cl)nc2ccc(Cl)cc21. The molecule has 7 heteroatoms. The summed E-state index contributed by atoms with van der Waals surface area (Å²) >= 11 is 18.4. The van der Waals surface area contributed by atoms with E-state index >= 15 is 0 Å². The fourth-order valence-corrected chi connectivity index (χ4v) is 3.05. The molecule has 0 aliphatic heterocycles. The lowest BCUT2D eigenvalue weighted by atomic mass is 10.1. The van der Waals surface area contributed by atoms with Crippen LogP contribution in [0.5, 0.6) is 0 Å². The molecule has 0 bridgehead atoms. The Morgan fingerprint density at radius 1 is 1.12 bits per heavy atom. The zero-order valence-electron chi connectivity index (χ0n) is 12.7. The molecule has 1 aromatic heterocycles. The Morgan fingerprint density at radius 2 is 1.83 bits per heavy atom. The van der Waals surface area contributed by atoms with Crippen molar-refractivity contribution in [2.45, 2.75) is 13.0 Å². The maximum atomic E-state index is 11.8. The lowest BCUT2D eigenvalue weighted by Gasteiger charge is -2.09. The molecule has 0 radical (unpaired) electrons. The third-order valence-electron chi connectivity index (χ3n) is 3.66. The monoisotopic (exact) mass is 382 g/mol. The van der Waals surface area contributed by atoms with Gasteiger partial charge in [-0.05, 0) is 42.0 Å². The lowest BCUT2D eigenvalue weighted by molar-refractivity contribution is -0.141. The molecule has 0 unspecified atom stereocenters. The van der Waals surface area contributed by atoms with E-state index in [0.29, 0.717) is 27.3 Å². The molecule has 1 heterocycles. The van der Waals surface area contributed by atoms with Crippen LogP contribution in [0.2, 0.25) is 15.1 Å². The first-order chi connectivity index (χ1) is 11.5. The molecule has 24 heavy (non-hydrogen) atoms. The third kappa shape index (κ3) is 3.51. The lowest BCUT2D eigenvalue weighted by Crippen LogP contribution is -2.14. The highest BCUT2D eigenvalue weighted by atomic mass is 35.5. The maximum Gasteiger partial charge on any atom is 0.325 e. The van der Waals surface area contributed by atoms with Gasteiger partial charge in [-0.1, -0.05) is 34.8 Å². The van der Waals surface area contributed by atoms with E-state index in [2.05, 4.69) is 4.98 Å². The summed E-state index contributed by atoms with van der Waals surface area (Å²) < 4.78 is 6.57. The van der Waals surface area contributed by atoms with Gasteiger partial charge in [-0.15, -0.1) is 0 Å². The number of carbonyl (C=O) groups is 1. The largest absolute Gasteiger partial charge is 0.468 e. The van der Waals surface area contributed by atoms with Gasteiger partial charge in [0.05, 0.1) is 18.1 Å². The van der Waals surface area contributed by atoms with Gasteiger partial charge in [0.25, 0.3) is 0 Å². The van der Waals surface area contributed by atoms with E-state index < -0.39 is 0 Å². The van der Waals surface area contributed by atoms with Crippen molar-refractivity contribution in [2.24, 2.45) is 0 Å². The normalized spacial score (nSPS) is 11.0. The molecule has 0 atom stereocenters. The highest BCUT2D eigenvalue weighted by molar-refractivity contribution is 6.33. The zero-order valence-corrected chi connectivity index (χ0v) is 15.0. The number of ether oxygens (including phenoxy) is 1. The quantitative estimate of drug-likeness (QED) is 0.610. The molecule has 0 spiro atoms. The summed E-state index contributed by atoms with van der Waals surface area (Å²) in [5.41, 5.74) is 2.34. The second kappa shape index (κ2) is 7.01. The van der Waals surface area contributed by atoms with Crippen molar-refractivity contribution in [3.63, 3.8) is 0 Å². The Hall–Kier alpha value is -1.75. The summed E-state index contributed by atoms with van der Waals surface area (Å²) in [5.74, 6) is 0.314. The van der Waals surface area contributed by atoms with Crippen LogP contribution >= 0.6 is 34.8 Å². The van der Waals surface area contributed by atoms with E-state index in [1.54, 1.807) is 34.9 Å². The second-order valence-electron chi connectivity index (χ2n) is 5.24. The molecule has 0 saturated carbocycles. The van der Waals surface area contributed by atoms with Gasteiger partial charge in [0.2, 0.25) is 0 Å². The number of halogens is 3. The minimum atomic E-state index is -0.368. The molecular weight excluding hydrogens is 371 g/mol. The Morgan fingerprint density at radius 3 is 2.58 bits per heavy atom. The van der Waals surface area contributed by atoms with E-state index in [1.807, 2.05) is 6.07 Å². The third-order valence-corrected chi connectivity index (χ3v) is 4.50. The number of aromatic nitrogens is 2. The molecule has 0 N–H and O–H groups in total. The molecule has 0 saturated heterocycles. The molecule has 0 aliphatic carbocycles. The summed E-state index contributed by atoms with van der Waals surface area (Å²) in [7, 11) is 1.35. The number of imidazole rings is 1. The van der Waals surface area contributed by atoms with E-state index in [1.165, 1.54) is 7.11 Å². The topological polar surface area (TPSA) is 44.1 Å². The first-order valence-corrected chi connectivity index (χ1v) is 8.26. The van der Waals surface area contributed by atoms with Crippen LogP contribution in [0.1, 0.15) is 11.4 Å². The number of hydrogen-bond acceptors (Lipinski definition) is 3. The fourth-order valence-electron chi connectivity index (χ4n) is 2.50. The molecule has 124 valence electrons. The summed E-state index contributed by atoms with van der Waals surface area (Å²) in [5, 5.41) is 1.75. The highest BCUT2D eigenvalue weighted by Crippen LogP contribution is 2.26. The zero-order chi connectivity index (χ0) is 17.3. The van der Waals surface area contributed by atoms with Crippen molar-refractivity contribution in [1.29, 1.82) is 0 Å². The minimum Gasteiger partial charge on any atom is -0.468 e. The number of benzene rings is 2. The number of methoxy groups -OCH3 is 1. The summed E-state index contributed by atoms with van der Waals surface area (Å²) in [6, 6.07) is 10.6. The van der Waals surface area contributed by atoms with Gasteiger partial charge in [0.1, 0.15) is 12.4 Å². The smallest absolute Gasteiger partial charge is 0.325 e. The van der Waals surface area contributed by atoms with Crippen molar-refractivity contribution in [2.75, 3.05) is 7.11 Å². The van der Waals surface area contributed by atoms with E-state index in [0.717, 1.165) is 16.6 Å². The number of fused-ring (bicyclic) bond motifs is 1. The van der Waals surface area contributed by atoms with Crippen LogP contribution in [-0.2, 0) is 22.5 Å². The van der Waals surface area contributed by atoms with Gasteiger partial charge in [0, 0.05) is 21.5 Å². The molecule has 2 aromatic carbocycles. The number of hydrogen-bond donors (Lipinski definition) is 0. The van der Waals surface area contributed by atoms with Gasteiger partial charge >= 0.3 is 5.97 Å². The van der Waals surface area contributed by atoms with E-state index in [-0.39, 0.29) is 12.5 Å². The Kier molecular flexibility index (Phi) is 4.99. The van der Waals surface area contributed by atoms with Crippen molar-refractivity contribution in [3.8, 4) is 0 Å². The second-order valence-corrected chi connectivity index (χ2v) is 6.52. The molecule has 3 aromatic rings. The van der Waals surface area contributed by atoms with Crippen molar-refractivity contribution in [3.05, 3.63) is 62.9 Å². The first kappa shape index (κ1) is 17.1. The Bertz CT molecular complexity index is 922. The number of rotatable bonds is 4. The van der Waals surface area contributed by atoms with Gasteiger partial charge in [0.15, 0.2) is 0 Å². The molecule has 0 fully saturated rings. The predicted octanol–water partition coefficient (Wildman–Crippen LogP) is 4.76. The molecular formula is C17H13Cl3N2O2. The van der Waals surface area contributed by atoms with Crippen LogP contribution in [0.25, 0.3) is 11.0 Å². The van der Waals surface area contributed by atoms with Gasteiger partial charge < -0.3 is 9.30 Å². The van der Waals surface area contributed by atoms with Crippen LogP contribution in [0.3, 0.4) is 0 Å². The Labute approximate surface area is 153 Å². The average Bonchev–Trinajstić information content (AvgIpc) is 2.88. The van der Waals surface area contributed by atoms with Crippen molar-refractivity contribution >= 4 is 51.8 Å². The fraction of sp³-hybridized carbons (Fsp3) is 0.176. The molecule has 0 aliphatic rings. The van der Waals surface area contributed by atoms with E-state index in [9.17, 15) is 4.79 Å². The summed E-state index contributed by atoms with van der Waals surface area (Å²) in [6.45, 7) is 0.0425. The predicted molar refractivity (Wildman–Crippen MR) is 96.0 cm³/mol. The van der Waals surface area contributed by atoms with Crippen LogP contribution in [-0.4, -0.2) is 22.6 Å². The highest BCUT2D eigenvalue weighted by Gasteiger charge is 2.16. The number of carbonyl (C=O) groups excluding carboxylic acids is 1. The average molecular weight is 384 g/mol. The van der Waals surface area contributed by atoms with Crippen LogP contribution in [0.4, 0.5) is 0 Å². The van der Waals surface area contributed by atoms with Gasteiger partial charge in [-0.3, -0.25) is 4.79 Å². The maximum absolute atomic E-state index is 11.8. The van der Waals surface area contributed by atoms with Crippen molar-refractivity contribution < 1.29 is 9.53 Å². The number of nitrogens with zero attached hydrogens (tertiary/aromatic N) is 2. The van der Waals surface area contributed by atoms with Crippen LogP contribution < -0.4 is 0 Å². The summed E-state index contributed by atoms with van der Waals surface area (Å²) in [4.78, 5) is 16.4. The van der Waals surface area contributed by atoms with Crippen LogP contribution in [0, 0.1) is 0 Å². The van der Waals surface area contributed by atoms with Gasteiger partial charge in [-0.25, -0.2) is 4.98 Å². The van der Waals surface area contributed by atoms with E-state index in [4.69, 9.17) is 39.5 Å².